The second-order valence-electron chi connectivity index (χ2n) is 3.51. The van der Waals surface area contributed by atoms with Gasteiger partial charge in [-0.2, -0.15) is 0 Å². The Kier molecular flexibility index (Phi) is 2.50. The van der Waals surface area contributed by atoms with Crippen LogP contribution in [0.3, 0.4) is 0 Å². The highest BCUT2D eigenvalue weighted by atomic mass is 16.2. The standard InChI is InChI=1S/C9H15NO2/c1-4-7-5-8(11)10(6(2)3)9(7)12/h6-7H,4-5H2,1-3H3. The molecule has 3 nitrogen and oxygen atoms in total. The monoisotopic (exact) mass is 169 g/mol. The third-order valence-electron chi connectivity index (χ3n) is 2.29. The van der Waals surface area contributed by atoms with E-state index in [-0.39, 0.29) is 23.8 Å². The van der Waals surface area contributed by atoms with E-state index in [1.807, 2.05) is 20.8 Å². The van der Waals surface area contributed by atoms with Crippen LogP contribution in [-0.2, 0) is 9.59 Å². The molecule has 3 heteroatoms. The van der Waals surface area contributed by atoms with Gasteiger partial charge in [-0.25, -0.2) is 0 Å². The van der Waals surface area contributed by atoms with Crippen LogP contribution in [0.1, 0.15) is 33.6 Å². The minimum atomic E-state index is -0.0556. The van der Waals surface area contributed by atoms with Gasteiger partial charge in [0.1, 0.15) is 0 Å². The number of hydrogen-bond acceptors (Lipinski definition) is 2. The van der Waals surface area contributed by atoms with Gasteiger partial charge in [-0.1, -0.05) is 6.92 Å². The molecule has 68 valence electrons. The molecule has 1 aliphatic heterocycles. The maximum atomic E-state index is 11.5. The lowest BCUT2D eigenvalue weighted by Crippen LogP contribution is -2.36. The first kappa shape index (κ1) is 9.23. The Balaban J connectivity index is 2.77. The molecule has 0 aromatic carbocycles. The SMILES string of the molecule is CCC1CC(=O)N(C(C)C)C1=O. The van der Waals surface area contributed by atoms with Crippen LogP contribution in [0.2, 0.25) is 0 Å². The van der Waals surface area contributed by atoms with Crippen LogP contribution in [0.15, 0.2) is 0 Å². The number of carbonyl (C=O) groups is 2. The summed E-state index contributed by atoms with van der Waals surface area (Å²) in [6, 6.07) is 0.0153. The molecule has 0 aliphatic carbocycles. The number of carbonyl (C=O) groups excluding carboxylic acids is 2. The quantitative estimate of drug-likeness (QED) is 0.582. The number of imide groups is 1. The fourth-order valence-electron chi connectivity index (χ4n) is 1.58. The molecule has 0 N–H and O–H groups in total. The molecule has 1 atom stereocenters. The number of rotatable bonds is 2. The molecule has 1 aliphatic rings. The van der Waals surface area contributed by atoms with Crippen molar-refractivity contribution in [3.8, 4) is 0 Å². The summed E-state index contributed by atoms with van der Waals surface area (Å²) in [5.74, 6) is -0.0562. The number of amides is 2. The third-order valence-corrected chi connectivity index (χ3v) is 2.29. The maximum absolute atomic E-state index is 11.5. The predicted molar refractivity (Wildman–Crippen MR) is 45.4 cm³/mol. The zero-order valence-corrected chi connectivity index (χ0v) is 7.83. The van der Waals surface area contributed by atoms with Gasteiger partial charge in [0, 0.05) is 18.4 Å². The van der Waals surface area contributed by atoms with Crippen molar-refractivity contribution < 1.29 is 9.59 Å². The molecule has 0 bridgehead atoms. The lowest BCUT2D eigenvalue weighted by Gasteiger charge is -2.18. The van der Waals surface area contributed by atoms with Gasteiger partial charge in [-0.15, -0.1) is 0 Å². The molecule has 1 fully saturated rings. The molecule has 1 saturated heterocycles. The summed E-state index contributed by atoms with van der Waals surface area (Å²) in [7, 11) is 0. The van der Waals surface area contributed by atoms with E-state index in [1.54, 1.807) is 0 Å². The average Bonchev–Trinajstić information content (AvgIpc) is 2.25. The summed E-state index contributed by atoms with van der Waals surface area (Å²) in [4.78, 5) is 24.2. The molecule has 12 heavy (non-hydrogen) atoms. The lowest BCUT2D eigenvalue weighted by molar-refractivity contribution is -0.141. The Labute approximate surface area is 72.7 Å². The van der Waals surface area contributed by atoms with Gasteiger partial charge in [0.2, 0.25) is 11.8 Å². The lowest BCUT2D eigenvalue weighted by atomic mass is 10.1. The minimum absolute atomic E-state index is 0.0116. The minimum Gasteiger partial charge on any atom is -0.280 e. The van der Waals surface area contributed by atoms with Crippen molar-refractivity contribution in [2.45, 2.75) is 39.7 Å². The van der Waals surface area contributed by atoms with Crippen LogP contribution in [0.25, 0.3) is 0 Å². The summed E-state index contributed by atoms with van der Waals surface area (Å²) in [6.07, 6.45) is 1.18. The van der Waals surface area contributed by atoms with Crippen molar-refractivity contribution in [3.63, 3.8) is 0 Å². The predicted octanol–water partition coefficient (Wildman–Crippen LogP) is 1.18. The first-order valence-corrected chi connectivity index (χ1v) is 4.43. The normalized spacial score (nSPS) is 24.3. The smallest absolute Gasteiger partial charge is 0.233 e. The molecule has 1 unspecified atom stereocenters. The van der Waals surface area contributed by atoms with Crippen LogP contribution >= 0.6 is 0 Å². The summed E-state index contributed by atoms with van der Waals surface area (Å²) in [5, 5.41) is 0. The highest BCUT2D eigenvalue weighted by Crippen LogP contribution is 2.23. The van der Waals surface area contributed by atoms with Crippen LogP contribution in [0.4, 0.5) is 0 Å². The van der Waals surface area contributed by atoms with Crippen molar-refractivity contribution in [1.29, 1.82) is 0 Å². The van der Waals surface area contributed by atoms with E-state index in [0.29, 0.717) is 6.42 Å². The number of nitrogens with zero attached hydrogens (tertiary/aromatic N) is 1. The summed E-state index contributed by atoms with van der Waals surface area (Å²) >= 11 is 0. The van der Waals surface area contributed by atoms with Crippen LogP contribution in [0.5, 0.6) is 0 Å². The molecule has 1 rings (SSSR count). The van der Waals surface area contributed by atoms with E-state index in [4.69, 9.17) is 0 Å². The van der Waals surface area contributed by atoms with Gasteiger partial charge >= 0.3 is 0 Å². The average molecular weight is 169 g/mol. The number of likely N-dealkylation sites (tertiary alicyclic amines) is 1. The number of hydrogen-bond donors (Lipinski definition) is 0. The Morgan fingerprint density at radius 1 is 1.50 bits per heavy atom. The molecule has 0 aromatic rings. The second-order valence-corrected chi connectivity index (χ2v) is 3.51. The van der Waals surface area contributed by atoms with Crippen LogP contribution < -0.4 is 0 Å². The largest absolute Gasteiger partial charge is 0.280 e. The fraction of sp³-hybridized carbons (Fsp3) is 0.778. The zero-order valence-electron chi connectivity index (χ0n) is 7.83. The van der Waals surface area contributed by atoms with E-state index in [9.17, 15) is 9.59 Å². The Morgan fingerprint density at radius 2 is 2.08 bits per heavy atom. The molecule has 0 saturated carbocycles. The second kappa shape index (κ2) is 3.25. The summed E-state index contributed by atoms with van der Waals surface area (Å²) in [5.41, 5.74) is 0. The first-order chi connectivity index (χ1) is 5.57. The molecule has 0 radical (unpaired) electrons. The van der Waals surface area contributed by atoms with Crippen LogP contribution in [-0.4, -0.2) is 22.8 Å². The highest BCUT2D eigenvalue weighted by Gasteiger charge is 2.38. The van der Waals surface area contributed by atoms with Gasteiger partial charge in [-0.05, 0) is 20.3 Å². The van der Waals surface area contributed by atoms with E-state index in [0.717, 1.165) is 6.42 Å². The van der Waals surface area contributed by atoms with E-state index < -0.39 is 0 Å². The van der Waals surface area contributed by atoms with Gasteiger partial charge in [0.15, 0.2) is 0 Å². The van der Waals surface area contributed by atoms with Gasteiger partial charge in [0.25, 0.3) is 0 Å². The Hall–Kier alpha value is -0.860. The Bertz CT molecular complexity index is 211. The van der Waals surface area contributed by atoms with Crippen LogP contribution in [0, 0.1) is 5.92 Å². The molecule has 0 aromatic heterocycles. The zero-order chi connectivity index (χ0) is 9.30. The Morgan fingerprint density at radius 3 is 2.33 bits per heavy atom. The van der Waals surface area contributed by atoms with Gasteiger partial charge in [0.05, 0.1) is 0 Å². The van der Waals surface area contributed by atoms with E-state index >= 15 is 0 Å². The van der Waals surface area contributed by atoms with Crippen molar-refractivity contribution in [3.05, 3.63) is 0 Å². The first-order valence-electron chi connectivity index (χ1n) is 4.43. The maximum Gasteiger partial charge on any atom is 0.233 e. The third kappa shape index (κ3) is 1.36. The molecule has 1 heterocycles. The van der Waals surface area contributed by atoms with Crippen molar-refractivity contribution in [2.75, 3.05) is 0 Å². The van der Waals surface area contributed by atoms with Gasteiger partial charge < -0.3 is 0 Å². The topological polar surface area (TPSA) is 37.4 Å². The van der Waals surface area contributed by atoms with E-state index in [1.165, 1.54) is 4.90 Å². The summed E-state index contributed by atoms with van der Waals surface area (Å²) in [6.45, 7) is 5.68. The molecule has 2 amide bonds. The molecular formula is C9H15NO2. The fourth-order valence-corrected chi connectivity index (χ4v) is 1.58. The molecular weight excluding hydrogens is 154 g/mol. The highest BCUT2D eigenvalue weighted by molar-refractivity contribution is 6.03. The van der Waals surface area contributed by atoms with Gasteiger partial charge in [-0.3, -0.25) is 14.5 Å². The van der Waals surface area contributed by atoms with E-state index in [2.05, 4.69) is 0 Å². The van der Waals surface area contributed by atoms with Crippen molar-refractivity contribution >= 4 is 11.8 Å². The van der Waals surface area contributed by atoms with Crippen molar-refractivity contribution in [1.82, 2.24) is 4.90 Å². The summed E-state index contributed by atoms with van der Waals surface area (Å²) < 4.78 is 0. The van der Waals surface area contributed by atoms with Crippen molar-refractivity contribution in [2.24, 2.45) is 5.92 Å². The molecule has 0 spiro atoms.